The highest BCUT2D eigenvalue weighted by atomic mass is 79.9. The third kappa shape index (κ3) is 2.58. The van der Waals surface area contributed by atoms with Gasteiger partial charge in [0.05, 0.1) is 12.7 Å². The third-order valence-corrected chi connectivity index (χ3v) is 3.21. The number of nitrogen functional groups attached to an aromatic ring is 1. The first-order chi connectivity index (χ1) is 7.77. The van der Waals surface area contributed by atoms with Crippen molar-refractivity contribution in [2.24, 2.45) is 0 Å². The molecule has 0 unspecified atom stereocenters. The van der Waals surface area contributed by atoms with Crippen molar-refractivity contribution in [3.05, 3.63) is 52.8 Å². The number of halogens is 1. The topological polar surface area (TPSA) is 42.8 Å². The maximum absolute atomic E-state index is 5.76. The van der Waals surface area contributed by atoms with Gasteiger partial charge in [0.1, 0.15) is 6.20 Å². The fraction of sp³-hybridized carbons (Fsp3) is 0.167. The minimum absolute atomic E-state index is 0.551. The van der Waals surface area contributed by atoms with Crippen molar-refractivity contribution in [3.63, 3.8) is 0 Å². The molecular formula is C12H13BrN3+. The van der Waals surface area contributed by atoms with E-state index >= 15 is 0 Å². The zero-order valence-corrected chi connectivity index (χ0v) is 10.4. The largest absolute Gasteiger partial charge is 0.389 e. The zero-order chi connectivity index (χ0) is 11.4. The summed E-state index contributed by atoms with van der Waals surface area (Å²) < 4.78 is 3.08. The van der Waals surface area contributed by atoms with Crippen LogP contribution in [0.1, 0.15) is 5.56 Å². The second kappa shape index (κ2) is 5.07. The Morgan fingerprint density at radius 2 is 2.06 bits per heavy atom. The Bertz CT molecular complexity index is 440. The van der Waals surface area contributed by atoms with E-state index in [9.17, 15) is 0 Å². The number of nitrogens with two attached hydrogens (primary N) is 1. The molecular weight excluding hydrogens is 266 g/mol. The van der Waals surface area contributed by atoms with Gasteiger partial charge in [-0.1, -0.05) is 39.1 Å². The Hall–Kier alpha value is -1.42. The Balaban J connectivity index is 2.09. The van der Waals surface area contributed by atoms with Gasteiger partial charge in [0, 0.05) is 17.0 Å². The van der Waals surface area contributed by atoms with Gasteiger partial charge in [0.2, 0.25) is 0 Å². The molecule has 0 aliphatic heterocycles. The number of aromatic nitrogens is 2. The molecule has 0 saturated carbocycles. The summed E-state index contributed by atoms with van der Waals surface area (Å²) in [5.74, 6) is 0.551. The lowest BCUT2D eigenvalue weighted by molar-refractivity contribution is -0.684. The normalized spacial score (nSPS) is 10.3. The first kappa shape index (κ1) is 11.1. The molecule has 1 aromatic heterocycles. The second-order valence-corrected chi connectivity index (χ2v) is 4.37. The van der Waals surface area contributed by atoms with Gasteiger partial charge in [-0.3, -0.25) is 5.73 Å². The molecule has 0 bridgehead atoms. The summed E-state index contributed by atoms with van der Waals surface area (Å²) in [5, 5.41) is 0. The van der Waals surface area contributed by atoms with Crippen LogP contribution in [-0.2, 0) is 13.0 Å². The predicted octanol–water partition coefficient (Wildman–Crippen LogP) is 1.96. The molecule has 1 heterocycles. The lowest BCUT2D eigenvalue weighted by Crippen LogP contribution is -2.38. The van der Waals surface area contributed by atoms with Crippen LogP contribution >= 0.6 is 15.9 Å². The average molecular weight is 279 g/mol. The van der Waals surface area contributed by atoms with E-state index in [-0.39, 0.29) is 0 Å². The van der Waals surface area contributed by atoms with Crippen LogP contribution in [0.15, 0.2) is 47.2 Å². The van der Waals surface area contributed by atoms with Crippen LogP contribution in [-0.4, -0.2) is 4.98 Å². The molecule has 0 aliphatic carbocycles. The van der Waals surface area contributed by atoms with E-state index in [1.54, 1.807) is 6.20 Å². The van der Waals surface area contributed by atoms with Crippen LogP contribution in [0, 0.1) is 0 Å². The van der Waals surface area contributed by atoms with Crippen LogP contribution in [0.5, 0.6) is 0 Å². The lowest BCUT2D eigenvalue weighted by atomic mass is 10.1. The van der Waals surface area contributed by atoms with Gasteiger partial charge in [0.25, 0.3) is 0 Å². The van der Waals surface area contributed by atoms with E-state index in [1.165, 1.54) is 5.56 Å². The lowest BCUT2D eigenvalue weighted by Gasteiger charge is -2.04. The molecule has 2 rings (SSSR count). The minimum atomic E-state index is 0.551. The van der Waals surface area contributed by atoms with Gasteiger partial charge in [-0.25, -0.2) is 4.57 Å². The molecule has 4 heteroatoms. The Labute approximate surface area is 103 Å². The van der Waals surface area contributed by atoms with Crippen molar-refractivity contribution in [1.82, 2.24) is 4.98 Å². The second-order valence-electron chi connectivity index (χ2n) is 3.51. The summed E-state index contributed by atoms with van der Waals surface area (Å²) in [6.45, 7) is 0.836. The number of hydrogen-bond donors (Lipinski definition) is 1. The Morgan fingerprint density at radius 3 is 2.81 bits per heavy atom. The molecule has 3 nitrogen and oxygen atoms in total. The number of nitrogens with zero attached hydrogens (tertiary/aromatic N) is 2. The smallest absolute Gasteiger partial charge is 0.287 e. The number of rotatable bonds is 3. The molecule has 16 heavy (non-hydrogen) atoms. The van der Waals surface area contributed by atoms with Crippen LogP contribution in [0.3, 0.4) is 0 Å². The van der Waals surface area contributed by atoms with Gasteiger partial charge in [-0.15, -0.1) is 0 Å². The fourth-order valence-corrected chi connectivity index (χ4v) is 2.03. The highest BCUT2D eigenvalue weighted by molar-refractivity contribution is 9.10. The summed E-state index contributed by atoms with van der Waals surface area (Å²) in [5.41, 5.74) is 7.04. The SMILES string of the molecule is Nc1nccc[n+]1CCc1ccccc1Br. The van der Waals surface area contributed by atoms with Crippen molar-refractivity contribution in [1.29, 1.82) is 0 Å². The molecule has 0 saturated heterocycles. The number of benzene rings is 1. The summed E-state index contributed by atoms with van der Waals surface area (Å²) in [7, 11) is 0. The van der Waals surface area contributed by atoms with E-state index in [0.717, 1.165) is 17.4 Å². The van der Waals surface area contributed by atoms with Crippen LogP contribution < -0.4 is 10.3 Å². The molecule has 2 aromatic rings. The molecule has 0 radical (unpaired) electrons. The van der Waals surface area contributed by atoms with Gasteiger partial charge in [-0.2, -0.15) is 0 Å². The summed E-state index contributed by atoms with van der Waals surface area (Å²) >= 11 is 3.53. The van der Waals surface area contributed by atoms with E-state index in [2.05, 4.69) is 27.0 Å². The van der Waals surface area contributed by atoms with Crippen LogP contribution in [0.4, 0.5) is 5.95 Å². The third-order valence-electron chi connectivity index (χ3n) is 2.43. The number of aryl methyl sites for hydroxylation is 2. The molecule has 1 aromatic carbocycles. The van der Waals surface area contributed by atoms with Gasteiger partial charge < -0.3 is 0 Å². The summed E-state index contributed by atoms with van der Waals surface area (Å²) in [4.78, 5) is 4.04. The number of hydrogen-bond acceptors (Lipinski definition) is 2. The van der Waals surface area contributed by atoms with Crippen LogP contribution in [0.2, 0.25) is 0 Å². The Kier molecular flexibility index (Phi) is 3.51. The quantitative estimate of drug-likeness (QED) is 0.873. The van der Waals surface area contributed by atoms with E-state index in [4.69, 9.17) is 5.73 Å². The standard InChI is InChI=1S/C12H12BrN3/c13-11-5-2-1-4-10(11)6-9-16-8-3-7-15-12(16)14/h1-5,7-8,14H,6,9H2/p+1. The fourth-order valence-electron chi connectivity index (χ4n) is 1.54. The van der Waals surface area contributed by atoms with E-state index in [0.29, 0.717) is 5.95 Å². The molecule has 0 spiro atoms. The molecule has 0 fully saturated rings. The van der Waals surface area contributed by atoms with Gasteiger partial charge >= 0.3 is 5.95 Å². The summed E-state index contributed by atoms with van der Waals surface area (Å²) in [6.07, 6.45) is 4.57. The van der Waals surface area contributed by atoms with Crippen molar-refractivity contribution < 1.29 is 4.57 Å². The maximum atomic E-state index is 5.76. The Morgan fingerprint density at radius 1 is 1.25 bits per heavy atom. The maximum Gasteiger partial charge on any atom is 0.389 e. The highest BCUT2D eigenvalue weighted by Gasteiger charge is 2.05. The van der Waals surface area contributed by atoms with Crippen molar-refractivity contribution in [3.8, 4) is 0 Å². The first-order valence-electron chi connectivity index (χ1n) is 5.11. The predicted molar refractivity (Wildman–Crippen MR) is 66.7 cm³/mol. The summed E-state index contributed by atoms with van der Waals surface area (Å²) in [6, 6.07) is 10.1. The highest BCUT2D eigenvalue weighted by Crippen LogP contribution is 2.16. The average Bonchev–Trinajstić information content (AvgIpc) is 2.30. The first-order valence-corrected chi connectivity index (χ1v) is 5.90. The number of anilines is 1. The minimum Gasteiger partial charge on any atom is -0.287 e. The van der Waals surface area contributed by atoms with Gasteiger partial charge in [0.15, 0.2) is 0 Å². The van der Waals surface area contributed by atoms with Crippen molar-refractivity contribution >= 4 is 21.9 Å². The molecule has 82 valence electrons. The zero-order valence-electron chi connectivity index (χ0n) is 8.81. The van der Waals surface area contributed by atoms with Crippen molar-refractivity contribution in [2.45, 2.75) is 13.0 Å². The van der Waals surface area contributed by atoms with Gasteiger partial charge in [-0.05, 0) is 11.6 Å². The van der Waals surface area contributed by atoms with E-state index in [1.807, 2.05) is 35.0 Å². The molecule has 0 amide bonds. The van der Waals surface area contributed by atoms with Crippen molar-refractivity contribution in [2.75, 3.05) is 5.73 Å². The monoisotopic (exact) mass is 278 g/mol. The molecule has 0 aliphatic rings. The molecule has 0 atom stereocenters. The molecule has 2 N–H and O–H groups in total. The van der Waals surface area contributed by atoms with E-state index < -0.39 is 0 Å². The van der Waals surface area contributed by atoms with Crippen LogP contribution in [0.25, 0.3) is 0 Å².